The Kier molecular flexibility index (Phi) is 7.02. The van der Waals surface area contributed by atoms with Crippen molar-refractivity contribution in [2.75, 3.05) is 26.4 Å². The van der Waals surface area contributed by atoms with Crippen LogP contribution in [0.5, 0.6) is 0 Å². The van der Waals surface area contributed by atoms with Gasteiger partial charge < -0.3 is 20.1 Å². The van der Waals surface area contributed by atoms with E-state index in [9.17, 15) is 0 Å². The molecule has 0 unspecified atom stereocenters. The number of hydrogen-bond donors (Lipinski definition) is 3. The molecular weight excluding hydrogens is 150 g/mol. The number of hydrogen-bond acceptors (Lipinski definition) is 5. The number of rotatable bonds is 2. The molecule has 0 saturated heterocycles. The van der Waals surface area contributed by atoms with Gasteiger partial charge in [0.25, 0.3) is 0 Å². The summed E-state index contributed by atoms with van der Waals surface area (Å²) >= 11 is 0. The molecule has 0 aromatic rings. The van der Waals surface area contributed by atoms with E-state index >= 15 is 0 Å². The van der Waals surface area contributed by atoms with Gasteiger partial charge in [-0.05, 0) is 0 Å². The van der Waals surface area contributed by atoms with Crippen molar-refractivity contribution in [1.82, 2.24) is 0 Å². The van der Waals surface area contributed by atoms with E-state index < -0.39 is 6.10 Å². The van der Waals surface area contributed by atoms with Gasteiger partial charge in [0.1, 0.15) is 12.7 Å². The molecule has 3 N–H and O–H groups in total. The summed E-state index contributed by atoms with van der Waals surface area (Å²) in [4.78, 5) is 3.74. The van der Waals surface area contributed by atoms with Crippen molar-refractivity contribution in [3.63, 3.8) is 0 Å². The zero-order chi connectivity index (χ0) is 8.53. The van der Waals surface area contributed by atoms with Gasteiger partial charge in [0.05, 0.1) is 19.8 Å². The lowest BCUT2D eigenvalue weighted by Crippen LogP contribution is -2.15. The van der Waals surface area contributed by atoms with Gasteiger partial charge in [-0.3, -0.25) is 4.99 Å². The van der Waals surface area contributed by atoms with Crippen molar-refractivity contribution in [3.05, 3.63) is 0 Å². The Morgan fingerprint density at radius 1 is 1.45 bits per heavy atom. The van der Waals surface area contributed by atoms with Crippen LogP contribution in [0, 0.1) is 0 Å². The maximum Gasteiger partial charge on any atom is 0.169 e. The molecule has 0 aromatic carbocycles. The molecule has 5 nitrogen and oxygen atoms in total. The third kappa shape index (κ3) is 7.24. The van der Waals surface area contributed by atoms with E-state index in [1.807, 2.05) is 0 Å². The smallest absolute Gasteiger partial charge is 0.169 e. The fraction of sp³-hybridized carbons (Fsp3) is 0.833. The summed E-state index contributed by atoms with van der Waals surface area (Å²) in [5, 5.41) is 24.0. The minimum Gasteiger partial charge on any atom is -0.482 e. The molecule has 0 amide bonds. The lowest BCUT2D eigenvalue weighted by Gasteiger charge is -1.96. The number of ether oxygens (including phenoxy) is 1. The second kappa shape index (κ2) is 7.46. The third-order valence-electron chi connectivity index (χ3n) is 0.909. The second-order valence-electron chi connectivity index (χ2n) is 1.90. The zero-order valence-corrected chi connectivity index (χ0v) is 6.18. The molecule has 66 valence electrons. The first-order valence-electron chi connectivity index (χ1n) is 3.31. The Hall–Kier alpha value is -0.650. The molecular formula is C6H13NO4. The molecule has 0 aliphatic carbocycles. The van der Waals surface area contributed by atoms with Crippen LogP contribution in [0.15, 0.2) is 4.99 Å². The Morgan fingerprint density at radius 2 is 2.09 bits per heavy atom. The molecule has 0 atom stereocenters. The Labute approximate surface area is 65.0 Å². The molecule has 0 spiro atoms. The molecule has 11 heavy (non-hydrogen) atoms. The molecule has 1 aliphatic heterocycles. The van der Waals surface area contributed by atoms with Crippen LogP contribution >= 0.6 is 0 Å². The average Bonchev–Trinajstić information content (AvgIpc) is 2.60. The average molecular weight is 163 g/mol. The van der Waals surface area contributed by atoms with E-state index in [4.69, 9.17) is 15.3 Å². The van der Waals surface area contributed by atoms with Gasteiger partial charge in [-0.25, -0.2) is 0 Å². The van der Waals surface area contributed by atoms with Crippen LogP contribution in [0.3, 0.4) is 0 Å². The van der Waals surface area contributed by atoms with Gasteiger partial charge in [0.15, 0.2) is 6.40 Å². The molecule has 0 fully saturated rings. The van der Waals surface area contributed by atoms with Crippen molar-refractivity contribution in [3.8, 4) is 0 Å². The molecule has 1 rings (SSSR count). The number of aliphatic hydroxyl groups is 3. The van der Waals surface area contributed by atoms with Crippen LogP contribution in [0.1, 0.15) is 0 Å². The van der Waals surface area contributed by atoms with E-state index in [0.29, 0.717) is 0 Å². The minimum absolute atomic E-state index is 0.365. The summed E-state index contributed by atoms with van der Waals surface area (Å²) in [5.41, 5.74) is 0. The predicted molar refractivity (Wildman–Crippen MR) is 39.5 cm³/mol. The van der Waals surface area contributed by atoms with Crippen LogP contribution in [0.4, 0.5) is 0 Å². The quantitative estimate of drug-likeness (QED) is 0.457. The lowest BCUT2D eigenvalue weighted by atomic mass is 10.4. The normalized spacial score (nSPS) is 14.2. The highest BCUT2D eigenvalue weighted by Crippen LogP contribution is 1.78. The van der Waals surface area contributed by atoms with E-state index in [1.54, 1.807) is 0 Å². The number of aliphatic hydroxyl groups excluding tert-OH is 3. The summed E-state index contributed by atoms with van der Waals surface area (Å²) in [6.45, 7) is 0.896. The fourth-order valence-corrected chi connectivity index (χ4v) is 0.321. The SMILES string of the molecule is C1=NCCO1.OCC(O)CO. The standard InChI is InChI=1S/C3H5NO.C3H8O3/c1-2-5-3-4-1;4-1-3(6)2-5/h3H,1-2H2;3-6H,1-2H2. The van der Waals surface area contributed by atoms with E-state index in [2.05, 4.69) is 9.73 Å². The van der Waals surface area contributed by atoms with Gasteiger partial charge in [-0.1, -0.05) is 0 Å². The number of nitrogens with zero attached hydrogens (tertiary/aromatic N) is 1. The zero-order valence-electron chi connectivity index (χ0n) is 6.18. The Bertz CT molecular complexity index is 96.8. The molecule has 0 bridgehead atoms. The van der Waals surface area contributed by atoms with Gasteiger partial charge in [0, 0.05) is 0 Å². The monoisotopic (exact) mass is 163 g/mol. The van der Waals surface area contributed by atoms with E-state index in [1.165, 1.54) is 6.40 Å². The van der Waals surface area contributed by atoms with Crippen molar-refractivity contribution in [1.29, 1.82) is 0 Å². The van der Waals surface area contributed by atoms with E-state index in [-0.39, 0.29) is 13.2 Å². The summed E-state index contributed by atoms with van der Waals surface area (Å²) in [5.74, 6) is 0. The maximum atomic E-state index is 8.17. The highest BCUT2D eigenvalue weighted by atomic mass is 16.5. The summed E-state index contributed by atoms with van der Waals surface area (Å²) in [6.07, 6.45) is 0.532. The van der Waals surface area contributed by atoms with Gasteiger partial charge in [-0.2, -0.15) is 0 Å². The van der Waals surface area contributed by atoms with E-state index in [0.717, 1.165) is 13.2 Å². The molecule has 0 saturated carbocycles. The fourth-order valence-electron chi connectivity index (χ4n) is 0.321. The first kappa shape index (κ1) is 10.3. The van der Waals surface area contributed by atoms with Crippen molar-refractivity contribution in [2.24, 2.45) is 4.99 Å². The van der Waals surface area contributed by atoms with Crippen LogP contribution in [0.2, 0.25) is 0 Å². The van der Waals surface area contributed by atoms with Crippen molar-refractivity contribution >= 4 is 6.40 Å². The first-order chi connectivity index (χ1) is 5.31. The largest absolute Gasteiger partial charge is 0.482 e. The summed E-state index contributed by atoms with van der Waals surface area (Å²) in [6, 6.07) is 0. The molecule has 5 heteroatoms. The maximum absolute atomic E-state index is 8.17. The topological polar surface area (TPSA) is 82.3 Å². The van der Waals surface area contributed by atoms with Crippen LogP contribution in [0.25, 0.3) is 0 Å². The molecule has 0 aromatic heterocycles. The Morgan fingerprint density at radius 3 is 2.18 bits per heavy atom. The van der Waals surface area contributed by atoms with Crippen LogP contribution < -0.4 is 0 Å². The van der Waals surface area contributed by atoms with Crippen molar-refractivity contribution in [2.45, 2.75) is 6.10 Å². The molecule has 0 radical (unpaired) electrons. The van der Waals surface area contributed by atoms with Crippen LogP contribution in [-0.4, -0.2) is 54.2 Å². The second-order valence-corrected chi connectivity index (χ2v) is 1.90. The van der Waals surface area contributed by atoms with Crippen LogP contribution in [-0.2, 0) is 4.74 Å². The lowest BCUT2D eigenvalue weighted by molar-refractivity contribution is 0.0450. The van der Waals surface area contributed by atoms with Crippen molar-refractivity contribution < 1.29 is 20.1 Å². The highest BCUT2D eigenvalue weighted by molar-refractivity contribution is 5.47. The summed E-state index contributed by atoms with van der Waals surface area (Å²) in [7, 11) is 0. The highest BCUT2D eigenvalue weighted by Gasteiger charge is 1.93. The number of aliphatic imine (C=N–C) groups is 1. The predicted octanol–water partition coefficient (Wildman–Crippen LogP) is -1.62. The van der Waals surface area contributed by atoms with Gasteiger partial charge in [-0.15, -0.1) is 0 Å². The van der Waals surface area contributed by atoms with Gasteiger partial charge >= 0.3 is 0 Å². The first-order valence-corrected chi connectivity index (χ1v) is 3.31. The minimum atomic E-state index is -0.954. The third-order valence-corrected chi connectivity index (χ3v) is 0.909. The Balaban J connectivity index is 0.000000183. The molecule has 1 aliphatic rings. The molecule has 1 heterocycles. The van der Waals surface area contributed by atoms with Gasteiger partial charge in [0.2, 0.25) is 0 Å². The summed E-state index contributed by atoms with van der Waals surface area (Å²) < 4.78 is 4.65.